The molecule has 0 bridgehead atoms. The molecule has 0 radical (unpaired) electrons. The highest BCUT2D eigenvalue weighted by Crippen LogP contribution is 2.23. The number of hydrogen-bond acceptors (Lipinski definition) is 6. The highest BCUT2D eigenvalue weighted by molar-refractivity contribution is 5.87. The third-order valence-corrected chi connectivity index (χ3v) is 4.40. The molecule has 1 aliphatic heterocycles. The van der Waals surface area contributed by atoms with E-state index in [0.717, 1.165) is 6.07 Å². The second-order valence-corrected chi connectivity index (χ2v) is 6.62. The minimum absolute atomic E-state index is 0.121. The molecule has 0 spiro atoms. The highest BCUT2D eigenvalue weighted by atomic mass is 19.1. The van der Waals surface area contributed by atoms with Gasteiger partial charge in [0.1, 0.15) is 11.9 Å². The van der Waals surface area contributed by atoms with Gasteiger partial charge in [-0.15, -0.1) is 0 Å². The summed E-state index contributed by atoms with van der Waals surface area (Å²) in [5, 5.41) is 11.5. The van der Waals surface area contributed by atoms with Crippen LogP contribution >= 0.6 is 0 Å². The number of piperidine rings is 1. The number of urea groups is 1. The number of aromatic nitrogens is 2. The first kappa shape index (κ1) is 19.4. The molecule has 28 heavy (non-hydrogen) atoms. The van der Waals surface area contributed by atoms with Crippen molar-refractivity contribution < 1.29 is 13.9 Å². The highest BCUT2D eigenvalue weighted by Gasteiger charge is 2.25. The Kier molecular flexibility index (Phi) is 5.89. The largest absolute Gasteiger partial charge is 0.487 e. The maximum Gasteiger partial charge on any atom is 0.324 e. The third-order valence-electron chi connectivity index (χ3n) is 4.40. The van der Waals surface area contributed by atoms with Crippen LogP contribution in [0.5, 0.6) is 5.75 Å². The number of carbonyl (C=O) groups excluding carboxylic acids is 1. The number of carbonyl (C=O) groups is 1. The van der Waals surface area contributed by atoms with E-state index in [1.807, 2.05) is 25.1 Å². The molecular formula is C19H21FN6O2. The molecule has 1 N–H and O–H groups in total. The fourth-order valence-corrected chi connectivity index (χ4v) is 2.86. The Morgan fingerprint density at radius 3 is 2.75 bits per heavy atom. The van der Waals surface area contributed by atoms with Gasteiger partial charge >= 0.3 is 6.03 Å². The van der Waals surface area contributed by atoms with E-state index < -0.39 is 5.82 Å². The van der Waals surface area contributed by atoms with Crippen LogP contribution in [-0.4, -0.2) is 54.2 Å². The van der Waals surface area contributed by atoms with Gasteiger partial charge in [-0.25, -0.2) is 14.2 Å². The van der Waals surface area contributed by atoms with Gasteiger partial charge < -0.3 is 14.5 Å². The van der Waals surface area contributed by atoms with Crippen molar-refractivity contribution in [3.63, 3.8) is 0 Å². The summed E-state index contributed by atoms with van der Waals surface area (Å²) in [5.41, 5.74) is 0.247. The molecule has 0 saturated carbocycles. The quantitative estimate of drug-likeness (QED) is 0.871. The topological polar surface area (TPSA) is 94.4 Å². The Morgan fingerprint density at radius 1 is 1.36 bits per heavy atom. The normalized spacial score (nSPS) is 14.3. The molecule has 1 saturated heterocycles. The first-order valence-corrected chi connectivity index (χ1v) is 8.89. The summed E-state index contributed by atoms with van der Waals surface area (Å²) in [5.74, 6) is 0.504. The van der Waals surface area contributed by atoms with Crippen molar-refractivity contribution in [1.82, 2.24) is 14.9 Å². The van der Waals surface area contributed by atoms with Gasteiger partial charge in [0.2, 0.25) is 5.95 Å². The summed E-state index contributed by atoms with van der Waals surface area (Å²) in [6, 6.07) is 7.49. The molecule has 8 nitrogen and oxygen atoms in total. The van der Waals surface area contributed by atoms with Gasteiger partial charge in [-0.2, -0.15) is 10.2 Å². The molecule has 0 aliphatic carbocycles. The number of amides is 2. The molecule has 2 heterocycles. The van der Waals surface area contributed by atoms with Crippen LogP contribution in [-0.2, 0) is 0 Å². The standard InChI is InChI=1S/C19H21FN6O2/c1-25(2)17-5-8-22-18(23-17)24-19(27)26-9-6-14(7-10-26)28-16-4-3-13(12-21)11-15(16)20/h3-5,8,11,14H,6-7,9-10H2,1-2H3,(H,22,23,24,27). The maximum absolute atomic E-state index is 14.0. The van der Waals surface area contributed by atoms with E-state index in [1.54, 1.807) is 17.2 Å². The molecule has 1 aromatic carbocycles. The van der Waals surface area contributed by atoms with Crippen LogP contribution in [0.2, 0.25) is 0 Å². The van der Waals surface area contributed by atoms with Gasteiger partial charge in [-0.05, 0) is 24.3 Å². The zero-order valence-electron chi connectivity index (χ0n) is 15.7. The number of halogens is 1. The fourth-order valence-electron chi connectivity index (χ4n) is 2.86. The van der Waals surface area contributed by atoms with E-state index in [4.69, 9.17) is 10.00 Å². The lowest BCUT2D eigenvalue weighted by molar-refractivity contribution is 0.112. The number of nitrogens with zero attached hydrogens (tertiary/aromatic N) is 5. The number of ether oxygens (including phenoxy) is 1. The summed E-state index contributed by atoms with van der Waals surface area (Å²) < 4.78 is 19.7. The number of hydrogen-bond donors (Lipinski definition) is 1. The molecule has 3 rings (SSSR count). The smallest absolute Gasteiger partial charge is 0.324 e. The van der Waals surface area contributed by atoms with Crippen molar-refractivity contribution in [3.05, 3.63) is 41.8 Å². The zero-order valence-corrected chi connectivity index (χ0v) is 15.7. The van der Waals surface area contributed by atoms with Gasteiger partial charge in [0.05, 0.1) is 11.6 Å². The van der Waals surface area contributed by atoms with Gasteiger partial charge in [0, 0.05) is 46.2 Å². The minimum atomic E-state index is -0.558. The number of likely N-dealkylation sites (tertiary alicyclic amines) is 1. The van der Waals surface area contributed by atoms with E-state index in [2.05, 4.69) is 15.3 Å². The van der Waals surface area contributed by atoms with Gasteiger partial charge in [0.25, 0.3) is 0 Å². The number of nitrogens with one attached hydrogen (secondary N) is 1. The molecule has 1 fully saturated rings. The van der Waals surface area contributed by atoms with E-state index in [9.17, 15) is 9.18 Å². The Morgan fingerprint density at radius 2 is 2.11 bits per heavy atom. The first-order chi connectivity index (χ1) is 13.5. The monoisotopic (exact) mass is 384 g/mol. The van der Waals surface area contributed by atoms with Gasteiger partial charge in [-0.3, -0.25) is 5.32 Å². The molecule has 0 unspecified atom stereocenters. The second kappa shape index (κ2) is 8.52. The van der Waals surface area contributed by atoms with Crippen LogP contribution in [0.15, 0.2) is 30.5 Å². The van der Waals surface area contributed by atoms with Crippen molar-refractivity contribution in [3.8, 4) is 11.8 Å². The maximum atomic E-state index is 14.0. The number of nitriles is 1. The van der Waals surface area contributed by atoms with Gasteiger partial charge in [0.15, 0.2) is 11.6 Å². The van der Waals surface area contributed by atoms with Crippen LogP contribution in [0.4, 0.5) is 21.0 Å². The predicted octanol–water partition coefficient (Wildman–Crippen LogP) is 2.63. The van der Waals surface area contributed by atoms with Crippen LogP contribution in [0.3, 0.4) is 0 Å². The Bertz CT molecular complexity index is 890. The van der Waals surface area contributed by atoms with E-state index in [0.29, 0.717) is 31.7 Å². The van der Waals surface area contributed by atoms with Crippen molar-refractivity contribution in [2.75, 3.05) is 37.4 Å². The molecule has 9 heteroatoms. The van der Waals surface area contributed by atoms with E-state index >= 15 is 0 Å². The SMILES string of the molecule is CN(C)c1ccnc(NC(=O)N2CCC(Oc3ccc(C#N)cc3F)CC2)n1. The Balaban J connectivity index is 1.53. The molecule has 146 valence electrons. The predicted molar refractivity (Wildman–Crippen MR) is 102 cm³/mol. The summed E-state index contributed by atoms with van der Waals surface area (Å²) in [6.45, 7) is 0.948. The van der Waals surface area contributed by atoms with Crippen molar-refractivity contribution >= 4 is 17.8 Å². The molecule has 0 atom stereocenters. The number of rotatable bonds is 4. The number of anilines is 2. The van der Waals surface area contributed by atoms with Gasteiger partial charge in [-0.1, -0.05) is 0 Å². The summed E-state index contributed by atoms with van der Waals surface area (Å²) in [7, 11) is 3.71. The van der Waals surface area contributed by atoms with Crippen LogP contribution in [0.25, 0.3) is 0 Å². The van der Waals surface area contributed by atoms with Crippen LogP contribution in [0.1, 0.15) is 18.4 Å². The first-order valence-electron chi connectivity index (χ1n) is 8.89. The second-order valence-electron chi connectivity index (χ2n) is 6.62. The zero-order chi connectivity index (χ0) is 20.1. The molecular weight excluding hydrogens is 363 g/mol. The summed E-state index contributed by atoms with van der Waals surface area (Å²) in [6.07, 6.45) is 2.54. The average Bonchev–Trinajstić information content (AvgIpc) is 2.70. The van der Waals surface area contributed by atoms with Crippen LogP contribution < -0.4 is 15.0 Å². The Hall–Kier alpha value is -3.41. The third kappa shape index (κ3) is 4.65. The average molecular weight is 384 g/mol. The van der Waals surface area contributed by atoms with E-state index in [1.165, 1.54) is 12.1 Å². The van der Waals surface area contributed by atoms with E-state index in [-0.39, 0.29) is 29.4 Å². The molecule has 2 aromatic rings. The molecule has 1 aliphatic rings. The molecule has 2 amide bonds. The van der Waals surface area contributed by atoms with Crippen molar-refractivity contribution in [2.24, 2.45) is 0 Å². The number of benzene rings is 1. The lowest BCUT2D eigenvalue weighted by Gasteiger charge is -2.32. The fraction of sp³-hybridized carbons (Fsp3) is 0.368. The minimum Gasteiger partial charge on any atom is -0.487 e. The molecule has 1 aromatic heterocycles. The van der Waals surface area contributed by atoms with Crippen molar-refractivity contribution in [2.45, 2.75) is 18.9 Å². The summed E-state index contributed by atoms with van der Waals surface area (Å²) in [4.78, 5) is 24.2. The Labute approximate surface area is 162 Å². The van der Waals surface area contributed by atoms with Crippen molar-refractivity contribution in [1.29, 1.82) is 5.26 Å². The summed E-state index contributed by atoms with van der Waals surface area (Å²) >= 11 is 0. The lowest BCUT2D eigenvalue weighted by Crippen LogP contribution is -2.44. The van der Waals surface area contributed by atoms with Crippen LogP contribution in [0, 0.1) is 17.1 Å². The lowest BCUT2D eigenvalue weighted by atomic mass is 10.1.